The number of ether oxygens (including phenoxy) is 3. The zero-order valence-electron chi connectivity index (χ0n) is 10.7. The molecule has 0 bridgehead atoms. The van der Waals surface area contributed by atoms with Crippen LogP contribution in [0.4, 0.5) is 0 Å². The molecular weight excluding hydrogens is 244 g/mol. The number of methoxy groups -OCH3 is 1. The maximum Gasteiger partial charge on any atom is 0.333 e. The highest BCUT2D eigenvalue weighted by Gasteiger charge is 2.17. The normalized spacial score (nSPS) is 22.4. The average Bonchev–Trinajstić information content (AvgIpc) is 2.48. The third-order valence-electron chi connectivity index (χ3n) is 2.73. The molecule has 19 heavy (non-hydrogen) atoms. The summed E-state index contributed by atoms with van der Waals surface area (Å²) in [6.07, 6.45) is 6.23. The standard InChI is InChI=1S/C15H16O4/c1-17-15(16)9-10-18-13-7-8-14(19-11-13)12-5-3-2-4-6-12/h2-10,13-14H,11H2,1H3/b10-9+/t13-,14+/m0/s1. The first kappa shape index (κ1) is 13.4. The van der Waals surface area contributed by atoms with Crippen LogP contribution in [-0.4, -0.2) is 25.8 Å². The van der Waals surface area contributed by atoms with Crippen LogP contribution < -0.4 is 0 Å². The van der Waals surface area contributed by atoms with Gasteiger partial charge in [-0.05, 0) is 11.6 Å². The third-order valence-corrected chi connectivity index (χ3v) is 2.73. The van der Waals surface area contributed by atoms with E-state index in [1.165, 1.54) is 19.4 Å². The van der Waals surface area contributed by atoms with Crippen LogP contribution in [0.1, 0.15) is 11.7 Å². The molecule has 0 saturated carbocycles. The van der Waals surface area contributed by atoms with Crippen molar-refractivity contribution in [2.45, 2.75) is 12.2 Å². The van der Waals surface area contributed by atoms with Crippen LogP contribution in [0.15, 0.2) is 54.8 Å². The minimum absolute atomic E-state index is 0.0364. The molecule has 1 aromatic rings. The Balaban J connectivity index is 1.86. The number of rotatable bonds is 4. The molecule has 1 aliphatic heterocycles. The van der Waals surface area contributed by atoms with Crippen LogP contribution in [0.2, 0.25) is 0 Å². The number of hydrogen-bond acceptors (Lipinski definition) is 4. The van der Waals surface area contributed by atoms with Crippen molar-refractivity contribution in [2.24, 2.45) is 0 Å². The summed E-state index contributed by atoms with van der Waals surface area (Å²) in [5, 5.41) is 0. The van der Waals surface area contributed by atoms with E-state index >= 15 is 0 Å². The van der Waals surface area contributed by atoms with Crippen molar-refractivity contribution in [3.05, 3.63) is 60.4 Å². The molecule has 1 heterocycles. The van der Waals surface area contributed by atoms with Crippen molar-refractivity contribution in [1.29, 1.82) is 0 Å². The van der Waals surface area contributed by atoms with Crippen molar-refractivity contribution in [1.82, 2.24) is 0 Å². The van der Waals surface area contributed by atoms with E-state index in [2.05, 4.69) is 4.74 Å². The highest BCUT2D eigenvalue weighted by atomic mass is 16.5. The van der Waals surface area contributed by atoms with E-state index in [0.717, 1.165) is 5.56 Å². The Morgan fingerprint density at radius 2 is 2.11 bits per heavy atom. The second-order valence-corrected chi connectivity index (χ2v) is 4.05. The van der Waals surface area contributed by atoms with Crippen molar-refractivity contribution in [3.8, 4) is 0 Å². The van der Waals surface area contributed by atoms with E-state index in [1.54, 1.807) is 0 Å². The van der Waals surface area contributed by atoms with Crippen molar-refractivity contribution in [3.63, 3.8) is 0 Å². The number of hydrogen-bond donors (Lipinski definition) is 0. The van der Waals surface area contributed by atoms with Crippen LogP contribution in [0.5, 0.6) is 0 Å². The summed E-state index contributed by atoms with van der Waals surface area (Å²) in [5.74, 6) is -0.442. The van der Waals surface area contributed by atoms with Gasteiger partial charge < -0.3 is 14.2 Å². The molecule has 0 N–H and O–H groups in total. The Morgan fingerprint density at radius 1 is 1.32 bits per heavy atom. The molecule has 0 unspecified atom stereocenters. The number of carbonyl (C=O) groups excluding carboxylic acids is 1. The van der Waals surface area contributed by atoms with E-state index in [0.29, 0.717) is 6.61 Å². The van der Waals surface area contributed by atoms with Gasteiger partial charge in [-0.2, -0.15) is 0 Å². The quantitative estimate of drug-likeness (QED) is 0.361. The lowest BCUT2D eigenvalue weighted by Crippen LogP contribution is -2.21. The van der Waals surface area contributed by atoms with Gasteiger partial charge in [-0.3, -0.25) is 0 Å². The maximum atomic E-state index is 10.9. The van der Waals surface area contributed by atoms with Crippen molar-refractivity contribution >= 4 is 5.97 Å². The SMILES string of the molecule is COC(=O)/C=C/O[C@H]1C=C[C@H](c2ccccc2)OC1. The summed E-state index contributed by atoms with van der Waals surface area (Å²) in [7, 11) is 1.32. The van der Waals surface area contributed by atoms with E-state index < -0.39 is 5.97 Å². The summed E-state index contributed by atoms with van der Waals surface area (Å²) in [6.45, 7) is 0.446. The molecule has 4 nitrogen and oxygen atoms in total. The zero-order valence-corrected chi connectivity index (χ0v) is 10.7. The average molecular weight is 260 g/mol. The number of esters is 1. The summed E-state index contributed by atoms with van der Waals surface area (Å²) < 4.78 is 15.5. The Bertz CT molecular complexity index is 464. The number of carbonyl (C=O) groups is 1. The molecule has 0 radical (unpaired) electrons. The molecule has 0 aliphatic carbocycles. The van der Waals surface area contributed by atoms with Gasteiger partial charge in [0.25, 0.3) is 0 Å². The highest BCUT2D eigenvalue weighted by molar-refractivity contribution is 5.81. The minimum Gasteiger partial charge on any atom is -0.491 e. The predicted molar refractivity (Wildman–Crippen MR) is 70.3 cm³/mol. The minimum atomic E-state index is -0.442. The fourth-order valence-corrected chi connectivity index (χ4v) is 1.73. The molecule has 2 atom stereocenters. The Labute approximate surface area is 112 Å². The fraction of sp³-hybridized carbons (Fsp3) is 0.267. The Hall–Kier alpha value is -2.07. The van der Waals surface area contributed by atoms with Crippen LogP contribution >= 0.6 is 0 Å². The lowest BCUT2D eigenvalue weighted by Gasteiger charge is -2.23. The van der Waals surface area contributed by atoms with E-state index in [1.807, 2.05) is 42.5 Å². The molecule has 0 spiro atoms. The smallest absolute Gasteiger partial charge is 0.333 e. The zero-order chi connectivity index (χ0) is 13.5. The Kier molecular flexibility index (Phi) is 4.75. The maximum absolute atomic E-state index is 10.9. The van der Waals surface area contributed by atoms with Gasteiger partial charge in [-0.15, -0.1) is 0 Å². The molecule has 1 aliphatic rings. The van der Waals surface area contributed by atoms with Gasteiger partial charge >= 0.3 is 5.97 Å². The summed E-state index contributed by atoms with van der Waals surface area (Å²) in [5.41, 5.74) is 1.11. The number of benzene rings is 1. The summed E-state index contributed by atoms with van der Waals surface area (Å²) in [4.78, 5) is 10.9. The van der Waals surface area contributed by atoms with Gasteiger partial charge in [-0.1, -0.05) is 36.4 Å². The lowest BCUT2D eigenvalue weighted by atomic mass is 10.1. The van der Waals surface area contributed by atoms with Gasteiger partial charge in [0, 0.05) is 0 Å². The van der Waals surface area contributed by atoms with E-state index in [-0.39, 0.29) is 12.2 Å². The third kappa shape index (κ3) is 3.96. The molecule has 0 fully saturated rings. The molecular formula is C15H16O4. The van der Waals surface area contributed by atoms with Gasteiger partial charge in [-0.25, -0.2) is 4.79 Å². The van der Waals surface area contributed by atoms with Crippen molar-refractivity contribution in [2.75, 3.05) is 13.7 Å². The van der Waals surface area contributed by atoms with Crippen LogP contribution in [0.25, 0.3) is 0 Å². The summed E-state index contributed by atoms with van der Waals surface area (Å²) >= 11 is 0. The predicted octanol–water partition coefficient (Wildman–Crippen LogP) is 2.39. The van der Waals surface area contributed by atoms with Gasteiger partial charge in [0.15, 0.2) is 0 Å². The van der Waals surface area contributed by atoms with Gasteiger partial charge in [0.1, 0.15) is 12.2 Å². The second-order valence-electron chi connectivity index (χ2n) is 4.05. The molecule has 2 rings (SSSR count). The van der Waals surface area contributed by atoms with Gasteiger partial charge in [0.2, 0.25) is 0 Å². The van der Waals surface area contributed by atoms with Crippen LogP contribution in [0.3, 0.4) is 0 Å². The Morgan fingerprint density at radius 3 is 2.74 bits per heavy atom. The molecule has 1 aromatic carbocycles. The van der Waals surface area contributed by atoms with E-state index in [4.69, 9.17) is 9.47 Å². The first-order chi connectivity index (χ1) is 9.29. The summed E-state index contributed by atoms with van der Waals surface area (Å²) in [6, 6.07) is 9.97. The highest BCUT2D eigenvalue weighted by Crippen LogP contribution is 2.23. The molecule has 4 heteroatoms. The topological polar surface area (TPSA) is 44.8 Å². The molecule has 0 aromatic heterocycles. The van der Waals surface area contributed by atoms with E-state index in [9.17, 15) is 4.79 Å². The van der Waals surface area contributed by atoms with Crippen molar-refractivity contribution < 1.29 is 19.0 Å². The second kappa shape index (κ2) is 6.75. The van der Waals surface area contributed by atoms with Crippen LogP contribution in [-0.2, 0) is 19.0 Å². The fourth-order valence-electron chi connectivity index (χ4n) is 1.73. The van der Waals surface area contributed by atoms with Gasteiger partial charge in [0.05, 0.1) is 26.1 Å². The largest absolute Gasteiger partial charge is 0.491 e. The van der Waals surface area contributed by atoms with Crippen LogP contribution in [0, 0.1) is 0 Å². The first-order valence-corrected chi connectivity index (χ1v) is 6.04. The molecule has 0 saturated heterocycles. The monoisotopic (exact) mass is 260 g/mol. The molecule has 0 amide bonds. The lowest BCUT2D eigenvalue weighted by molar-refractivity contribution is -0.135. The first-order valence-electron chi connectivity index (χ1n) is 6.04. The molecule has 100 valence electrons.